The Labute approximate surface area is 98.1 Å². The molecule has 1 saturated carbocycles. The number of nitrogens with two attached hydrogens (primary N) is 1. The molecule has 2 atom stereocenters. The van der Waals surface area contributed by atoms with Gasteiger partial charge in [0.1, 0.15) is 0 Å². The van der Waals surface area contributed by atoms with Gasteiger partial charge in [-0.15, -0.1) is 0 Å². The zero-order chi connectivity index (χ0) is 12.0. The largest absolute Gasteiger partial charge is 0.385 e. The molecule has 1 amide bonds. The molecule has 4 heteroatoms. The lowest BCUT2D eigenvalue weighted by Gasteiger charge is -2.36. The van der Waals surface area contributed by atoms with Gasteiger partial charge in [-0.3, -0.25) is 4.79 Å². The van der Waals surface area contributed by atoms with Crippen molar-refractivity contribution in [2.45, 2.75) is 50.6 Å². The number of methoxy groups -OCH3 is 1. The van der Waals surface area contributed by atoms with Crippen LogP contribution in [0.15, 0.2) is 0 Å². The number of carbonyl (C=O) groups is 1. The van der Waals surface area contributed by atoms with Crippen LogP contribution in [0.1, 0.15) is 38.5 Å². The minimum Gasteiger partial charge on any atom is -0.385 e. The Hall–Kier alpha value is -0.610. The highest BCUT2D eigenvalue weighted by atomic mass is 16.5. The van der Waals surface area contributed by atoms with Crippen molar-refractivity contribution in [3.05, 3.63) is 0 Å². The summed E-state index contributed by atoms with van der Waals surface area (Å²) in [4.78, 5) is 13.7. The van der Waals surface area contributed by atoms with E-state index in [0.29, 0.717) is 13.0 Å². The maximum Gasteiger partial charge on any atom is 0.222 e. The fourth-order valence-corrected chi connectivity index (χ4v) is 2.35. The second-order valence-corrected chi connectivity index (χ2v) is 4.62. The molecule has 0 aromatic carbocycles. The van der Waals surface area contributed by atoms with Crippen molar-refractivity contribution in [2.24, 2.45) is 5.73 Å². The topological polar surface area (TPSA) is 55.6 Å². The molecule has 2 unspecified atom stereocenters. The highest BCUT2D eigenvalue weighted by molar-refractivity contribution is 5.76. The summed E-state index contributed by atoms with van der Waals surface area (Å²) in [6.45, 7) is 0.649. The molecule has 1 aliphatic rings. The maximum absolute atomic E-state index is 11.9. The van der Waals surface area contributed by atoms with E-state index in [-0.39, 0.29) is 18.0 Å². The Kier molecular flexibility index (Phi) is 5.77. The molecule has 0 aromatic rings. The molecular formula is C12H24N2O2. The summed E-state index contributed by atoms with van der Waals surface area (Å²) in [6, 6.07) is 0.397. The molecule has 1 rings (SSSR count). The zero-order valence-corrected chi connectivity index (χ0v) is 10.4. The summed E-state index contributed by atoms with van der Waals surface area (Å²) in [5.41, 5.74) is 6.05. The molecule has 94 valence electrons. The quantitative estimate of drug-likeness (QED) is 0.718. The molecule has 1 aliphatic carbocycles. The third kappa shape index (κ3) is 3.76. The molecule has 2 N–H and O–H groups in total. The summed E-state index contributed by atoms with van der Waals surface area (Å²) in [5, 5.41) is 0. The summed E-state index contributed by atoms with van der Waals surface area (Å²) in [6.07, 6.45) is 5.83. The van der Waals surface area contributed by atoms with Crippen LogP contribution in [0.3, 0.4) is 0 Å². The van der Waals surface area contributed by atoms with Gasteiger partial charge in [0.25, 0.3) is 0 Å². The molecule has 4 nitrogen and oxygen atoms in total. The molecule has 0 saturated heterocycles. The smallest absolute Gasteiger partial charge is 0.222 e. The molecule has 0 heterocycles. The monoisotopic (exact) mass is 228 g/mol. The number of amides is 1. The van der Waals surface area contributed by atoms with E-state index in [9.17, 15) is 4.79 Å². The summed E-state index contributed by atoms with van der Waals surface area (Å²) in [5.74, 6) is 0.194. The Bertz CT molecular complexity index is 221. The summed E-state index contributed by atoms with van der Waals surface area (Å²) >= 11 is 0. The number of hydrogen-bond donors (Lipinski definition) is 1. The minimum atomic E-state index is 0.158. The highest BCUT2D eigenvalue weighted by Crippen LogP contribution is 2.21. The van der Waals surface area contributed by atoms with Crippen LogP contribution in [0.25, 0.3) is 0 Å². The lowest BCUT2D eigenvalue weighted by atomic mass is 9.90. The first kappa shape index (κ1) is 13.5. The van der Waals surface area contributed by atoms with E-state index in [1.54, 1.807) is 7.11 Å². The molecule has 1 fully saturated rings. The number of likely N-dealkylation sites (N-methyl/N-ethyl adjacent to an activating group) is 1. The van der Waals surface area contributed by atoms with Crippen LogP contribution < -0.4 is 5.73 Å². The van der Waals surface area contributed by atoms with Gasteiger partial charge in [-0.05, 0) is 19.3 Å². The van der Waals surface area contributed by atoms with Crippen molar-refractivity contribution in [1.82, 2.24) is 4.90 Å². The third-order valence-corrected chi connectivity index (χ3v) is 3.41. The van der Waals surface area contributed by atoms with Gasteiger partial charge in [-0.25, -0.2) is 0 Å². The predicted octanol–water partition coefficient (Wildman–Crippen LogP) is 1.14. The Morgan fingerprint density at radius 1 is 1.44 bits per heavy atom. The van der Waals surface area contributed by atoms with Gasteiger partial charge in [0, 0.05) is 39.3 Å². The van der Waals surface area contributed by atoms with Gasteiger partial charge < -0.3 is 15.4 Å². The lowest BCUT2D eigenvalue weighted by Crippen LogP contribution is -2.50. The van der Waals surface area contributed by atoms with E-state index >= 15 is 0 Å². The van der Waals surface area contributed by atoms with Crippen molar-refractivity contribution in [3.8, 4) is 0 Å². The molecule has 0 radical (unpaired) electrons. The second kappa shape index (κ2) is 6.86. The van der Waals surface area contributed by atoms with Crippen molar-refractivity contribution < 1.29 is 9.53 Å². The average Bonchev–Trinajstić information content (AvgIpc) is 2.29. The van der Waals surface area contributed by atoms with Crippen LogP contribution in [-0.2, 0) is 9.53 Å². The first-order chi connectivity index (χ1) is 7.66. The summed E-state index contributed by atoms with van der Waals surface area (Å²) in [7, 11) is 3.54. The van der Waals surface area contributed by atoms with E-state index in [4.69, 9.17) is 10.5 Å². The molecule has 0 aromatic heterocycles. The molecule has 0 aliphatic heterocycles. The zero-order valence-electron chi connectivity index (χ0n) is 10.4. The van der Waals surface area contributed by atoms with Crippen LogP contribution in [0.5, 0.6) is 0 Å². The first-order valence-electron chi connectivity index (χ1n) is 6.17. The average molecular weight is 228 g/mol. The minimum absolute atomic E-state index is 0.158. The number of carbonyl (C=O) groups excluding carboxylic acids is 1. The van der Waals surface area contributed by atoms with E-state index in [1.165, 1.54) is 12.8 Å². The second-order valence-electron chi connectivity index (χ2n) is 4.62. The van der Waals surface area contributed by atoms with Crippen LogP contribution in [-0.4, -0.2) is 43.7 Å². The highest BCUT2D eigenvalue weighted by Gasteiger charge is 2.27. The first-order valence-corrected chi connectivity index (χ1v) is 6.17. The fraction of sp³-hybridized carbons (Fsp3) is 0.917. The van der Waals surface area contributed by atoms with Gasteiger partial charge in [-0.1, -0.05) is 12.8 Å². The van der Waals surface area contributed by atoms with Crippen molar-refractivity contribution in [3.63, 3.8) is 0 Å². The van der Waals surface area contributed by atoms with E-state index in [0.717, 1.165) is 19.3 Å². The van der Waals surface area contributed by atoms with E-state index in [1.807, 2.05) is 11.9 Å². The van der Waals surface area contributed by atoms with Crippen LogP contribution in [0.2, 0.25) is 0 Å². The molecule has 0 bridgehead atoms. The molecule has 0 spiro atoms. The van der Waals surface area contributed by atoms with Crippen LogP contribution in [0, 0.1) is 0 Å². The number of ether oxygens (including phenoxy) is 1. The van der Waals surface area contributed by atoms with Crippen LogP contribution >= 0.6 is 0 Å². The van der Waals surface area contributed by atoms with Gasteiger partial charge >= 0.3 is 0 Å². The Morgan fingerprint density at radius 2 is 2.12 bits per heavy atom. The number of nitrogens with zero attached hydrogens (tertiary/aromatic N) is 1. The normalized spacial score (nSPS) is 25.4. The van der Waals surface area contributed by atoms with E-state index in [2.05, 4.69) is 0 Å². The van der Waals surface area contributed by atoms with Gasteiger partial charge in [0.2, 0.25) is 5.91 Å². The SMILES string of the molecule is COCCCC(=O)N(C)C1CCCCC1N. The van der Waals surface area contributed by atoms with Crippen molar-refractivity contribution in [2.75, 3.05) is 20.8 Å². The number of hydrogen-bond acceptors (Lipinski definition) is 3. The van der Waals surface area contributed by atoms with Crippen molar-refractivity contribution >= 4 is 5.91 Å². The third-order valence-electron chi connectivity index (χ3n) is 3.41. The van der Waals surface area contributed by atoms with Gasteiger partial charge in [0.15, 0.2) is 0 Å². The lowest BCUT2D eigenvalue weighted by molar-refractivity contribution is -0.133. The predicted molar refractivity (Wildman–Crippen MR) is 64.1 cm³/mol. The Morgan fingerprint density at radius 3 is 2.75 bits per heavy atom. The van der Waals surface area contributed by atoms with Crippen molar-refractivity contribution in [1.29, 1.82) is 0 Å². The molecular weight excluding hydrogens is 204 g/mol. The Balaban J connectivity index is 2.36. The maximum atomic E-state index is 11.9. The van der Waals surface area contributed by atoms with Gasteiger partial charge in [-0.2, -0.15) is 0 Å². The standard InChI is InChI=1S/C12H24N2O2/c1-14(12(15)8-5-9-16-2)11-7-4-3-6-10(11)13/h10-11H,3-9,13H2,1-2H3. The fourth-order valence-electron chi connectivity index (χ4n) is 2.35. The molecule has 16 heavy (non-hydrogen) atoms. The van der Waals surface area contributed by atoms with Crippen LogP contribution in [0.4, 0.5) is 0 Å². The summed E-state index contributed by atoms with van der Waals surface area (Å²) < 4.78 is 4.94. The van der Waals surface area contributed by atoms with E-state index < -0.39 is 0 Å². The number of rotatable bonds is 5. The van der Waals surface area contributed by atoms with Gasteiger partial charge in [0.05, 0.1) is 0 Å².